The quantitative estimate of drug-likeness (QED) is 0.703. The number of amides is 3. The third kappa shape index (κ3) is 3.65. The minimum atomic E-state index is -1.28. The van der Waals surface area contributed by atoms with Crippen LogP contribution in [-0.4, -0.2) is 53.1 Å². The van der Waals surface area contributed by atoms with Gasteiger partial charge in [0.15, 0.2) is 0 Å². The molecular weight excluding hydrogens is 274 g/mol. The summed E-state index contributed by atoms with van der Waals surface area (Å²) in [5.74, 6) is -1.26. The molecule has 1 aliphatic heterocycles. The summed E-state index contributed by atoms with van der Waals surface area (Å²) in [7, 11) is 1.53. The predicted octanol–water partition coefficient (Wildman–Crippen LogP) is 0.940. The molecule has 1 aliphatic rings. The number of carboxylic acids is 1. The molecule has 0 spiro atoms. The summed E-state index contributed by atoms with van der Waals surface area (Å²) in [6.45, 7) is 3.92. The Hall–Kier alpha value is -1.79. The average molecular weight is 299 g/mol. The number of hydrogen-bond donors (Lipinski definition) is 3. The maximum absolute atomic E-state index is 12.4. The van der Waals surface area contributed by atoms with Crippen LogP contribution in [0.4, 0.5) is 4.79 Å². The molecule has 1 atom stereocenters. The number of likely N-dealkylation sites (tertiary alicyclic amines) is 1. The lowest BCUT2D eigenvalue weighted by Crippen LogP contribution is -2.61. The monoisotopic (exact) mass is 299 g/mol. The summed E-state index contributed by atoms with van der Waals surface area (Å²) >= 11 is 0. The predicted molar refractivity (Wildman–Crippen MR) is 77.9 cm³/mol. The summed E-state index contributed by atoms with van der Waals surface area (Å²) in [6.07, 6.45) is 2.89. The first-order valence-corrected chi connectivity index (χ1v) is 7.45. The van der Waals surface area contributed by atoms with Gasteiger partial charge in [-0.3, -0.25) is 4.79 Å². The second kappa shape index (κ2) is 7.28. The van der Waals surface area contributed by atoms with Crippen LogP contribution >= 0.6 is 0 Å². The third-order valence-corrected chi connectivity index (χ3v) is 4.28. The lowest BCUT2D eigenvalue weighted by atomic mass is 9.93. The van der Waals surface area contributed by atoms with E-state index in [0.29, 0.717) is 25.8 Å². The molecule has 7 nitrogen and oxygen atoms in total. The molecule has 3 amide bonds. The summed E-state index contributed by atoms with van der Waals surface area (Å²) in [4.78, 5) is 37.2. The van der Waals surface area contributed by atoms with E-state index < -0.39 is 23.6 Å². The van der Waals surface area contributed by atoms with E-state index >= 15 is 0 Å². The van der Waals surface area contributed by atoms with E-state index in [9.17, 15) is 19.5 Å². The first-order valence-electron chi connectivity index (χ1n) is 7.45. The fourth-order valence-corrected chi connectivity index (χ4v) is 2.67. The zero-order valence-electron chi connectivity index (χ0n) is 12.9. The first-order chi connectivity index (χ1) is 9.91. The number of hydrogen-bond acceptors (Lipinski definition) is 3. The van der Waals surface area contributed by atoms with E-state index in [1.807, 2.05) is 0 Å². The van der Waals surface area contributed by atoms with Crippen molar-refractivity contribution in [2.75, 3.05) is 13.6 Å². The molecule has 1 unspecified atom stereocenters. The van der Waals surface area contributed by atoms with Gasteiger partial charge in [-0.15, -0.1) is 0 Å². The highest BCUT2D eigenvalue weighted by atomic mass is 16.4. The van der Waals surface area contributed by atoms with Crippen LogP contribution in [0.25, 0.3) is 0 Å². The van der Waals surface area contributed by atoms with Crippen molar-refractivity contribution in [2.24, 2.45) is 0 Å². The van der Waals surface area contributed by atoms with E-state index in [1.54, 1.807) is 13.8 Å². The van der Waals surface area contributed by atoms with E-state index in [4.69, 9.17) is 0 Å². The Morgan fingerprint density at radius 1 is 1.24 bits per heavy atom. The van der Waals surface area contributed by atoms with E-state index in [-0.39, 0.29) is 5.91 Å². The van der Waals surface area contributed by atoms with Gasteiger partial charge in [0, 0.05) is 13.6 Å². The number of nitrogens with one attached hydrogen (secondary N) is 2. The van der Waals surface area contributed by atoms with Crippen molar-refractivity contribution in [1.29, 1.82) is 0 Å². The minimum Gasteiger partial charge on any atom is -0.480 e. The zero-order chi connectivity index (χ0) is 16.0. The maximum Gasteiger partial charge on any atom is 0.329 e. The SMILES string of the molecule is CCC(CC)(NC(=O)N1CCCCC1C(=O)NC)C(=O)O. The molecule has 1 rings (SSSR count). The molecular formula is C14H25N3O4. The van der Waals surface area contributed by atoms with Gasteiger partial charge in [-0.2, -0.15) is 0 Å². The number of nitrogens with zero attached hydrogens (tertiary/aromatic N) is 1. The van der Waals surface area contributed by atoms with Gasteiger partial charge in [-0.1, -0.05) is 13.8 Å². The molecule has 1 fully saturated rings. The van der Waals surface area contributed by atoms with Crippen LogP contribution in [0.5, 0.6) is 0 Å². The standard InChI is InChI=1S/C14H25N3O4/c1-4-14(5-2,12(19)20)16-13(21)17-9-7-6-8-10(17)11(18)15-3/h10H,4-9H2,1-3H3,(H,15,18)(H,16,21)(H,19,20). The Morgan fingerprint density at radius 2 is 1.86 bits per heavy atom. The van der Waals surface area contributed by atoms with Crippen LogP contribution in [0.1, 0.15) is 46.0 Å². The molecule has 0 radical (unpaired) electrons. The van der Waals surface area contributed by atoms with Crippen molar-refractivity contribution in [3.8, 4) is 0 Å². The Morgan fingerprint density at radius 3 is 2.33 bits per heavy atom. The number of carbonyl (C=O) groups is 3. The molecule has 3 N–H and O–H groups in total. The molecule has 0 aromatic heterocycles. The van der Waals surface area contributed by atoms with Gasteiger partial charge in [-0.05, 0) is 32.1 Å². The molecule has 0 aliphatic carbocycles. The molecule has 120 valence electrons. The summed E-state index contributed by atoms with van der Waals surface area (Å²) in [5.41, 5.74) is -1.28. The normalized spacial score (nSPS) is 19.0. The fourth-order valence-electron chi connectivity index (χ4n) is 2.67. The van der Waals surface area contributed by atoms with Crippen LogP contribution in [0.3, 0.4) is 0 Å². The van der Waals surface area contributed by atoms with Gasteiger partial charge in [0.05, 0.1) is 0 Å². The Balaban J connectivity index is 2.89. The van der Waals surface area contributed by atoms with Gasteiger partial charge in [0.25, 0.3) is 0 Å². The van der Waals surface area contributed by atoms with Crippen molar-refractivity contribution in [3.63, 3.8) is 0 Å². The van der Waals surface area contributed by atoms with Gasteiger partial charge >= 0.3 is 12.0 Å². The molecule has 7 heteroatoms. The molecule has 0 saturated carbocycles. The van der Waals surface area contributed by atoms with E-state index in [2.05, 4.69) is 10.6 Å². The highest BCUT2D eigenvalue weighted by molar-refractivity contribution is 5.90. The second-order valence-electron chi connectivity index (χ2n) is 5.34. The highest BCUT2D eigenvalue weighted by Crippen LogP contribution is 2.20. The van der Waals surface area contributed by atoms with E-state index in [1.165, 1.54) is 11.9 Å². The van der Waals surface area contributed by atoms with Crippen LogP contribution in [-0.2, 0) is 9.59 Å². The van der Waals surface area contributed by atoms with Gasteiger partial charge in [0.1, 0.15) is 11.6 Å². The van der Waals surface area contributed by atoms with E-state index in [0.717, 1.165) is 12.8 Å². The van der Waals surface area contributed by atoms with Crippen LogP contribution < -0.4 is 10.6 Å². The third-order valence-electron chi connectivity index (χ3n) is 4.28. The zero-order valence-corrected chi connectivity index (χ0v) is 12.9. The molecule has 0 aromatic rings. The van der Waals surface area contributed by atoms with Crippen molar-refractivity contribution >= 4 is 17.9 Å². The Kier molecular flexibility index (Phi) is 5.99. The number of piperidine rings is 1. The molecule has 0 aromatic carbocycles. The first kappa shape index (κ1) is 17.3. The van der Waals surface area contributed by atoms with Crippen LogP contribution in [0, 0.1) is 0 Å². The summed E-state index contributed by atoms with van der Waals surface area (Å²) in [6, 6.07) is -1.00. The van der Waals surface area contributed by atoms with Crippen molar-refractivity contribution in [1.82, 2.24) is 15.5 Å². The van der Waals surface area contributed by atoms with Crippen LogP contribution in [0.15, 0.2) is 0 Å². The van der Waals surface area contributed by atoms with Crippen molar-refractivity contribution < 1.29 is 19.5 Å². The number of carboxylic acid groups (broad SMARTS) is 1. The summed E-state index contributed by atoms with van der Waals surface area (Å²) in [5, 5.41) is 14.6. The Labute approximate surface area is 125 Å². The van der Waals surface area contributed by atoms with Crippen LogP contribution in [0.2, 0.25) is 0 Å². The molecule has 0 bridgehead atoms. The number of urea groups is 1. The lowest BCUT2D eigenvalue weighted by Gasteiger charge is -2.37. The topological polar surface area (TPSA) is 98.7 Å². The van der Waals surface area contributed by atoms with Gasteiger partial charge in [0.2, 0.25) is 5.91 Å². The van der Waals surface area contributed by atoms with Gasteiger partial charge < -0.3 is 20.6 Å². The van der Waals surface area contributed by atoms with Gasteiger partial charge in [-0.25, -0.2) is 9.59 Å². The largest absolute Gasteiger partial charge is 0.480 e. The number of rotatable bonds is 5. The molecule has 21 heavy (non-hydrogen) atoms. The fraction of sp³-hybridized carbons (Fsp3) is 0.786. The van der Waals surface area contributed by atoms with Crippen molar-refractivity contribution in [3.05, 3.63) is 0 Å². The smallest absolute Gasteiger partial charge is 0.329 e. The highest BCUT2D eigenvalue weighted by Gasteiger charge is 2.40. The Bertz CT molecular complexity index is 407. The summed E-state index contributed by atoms with van der Waals surface area (Å²) < 4.78 is 0. The van der Waals surface area contributed by atoms with Crippen molar-refractivity contribution in [2.45, 2.75) is 57.5 Å². The number of carbonyl (C=O) groups excluding carboxylic acids is 2. The maximum atomic E-state index is 12.4. The minimum absolute atomic E-state index is 0.209. The number of aliphatic carboxylic acids is 1. The molecule has 1 saturated heterocycles. The lowest BCUT2D eigenvalue weighted by molar-refractivity contribution is -0.144. The number of likely N-dealkylation sites (N-methyl/N-ethyl adjacent to an activating group) is 1. The second-order valence-corrected chi connectivity index (χ2v) is 5.34. The average Bonchev–Trinajstić information content (AvgIpc) is 2.51. The molecule has 1 heterocycles.